The SMILES string of the molecule is CC(=O)O[C@@H](C)[C@@H](/C=C/C(=O)O)O[Si](C)(C)C(C)(C)C. The molecule has 0 aliphatic carbocycles. The molecular weight excluding hydrogens is 276 g/mol. The molecule has 0 bridgehead atoms. The predicted molar refractivity (Wildman–Crippen MR) is 80.1 cm³/mol. The van der Waals surface area contributed by atoms with Gasteiger partial charge in [0.25, 0.3) is 0 Å². The van der Waals surface area contributed by atoms with Crippen LogP contribution in [0.25, 0.3) is 0 Å². The molecule has 0 saturated heterocycles. The zero-order chi connectivity index (χ0) is 16.1. The second-order valence-corrected chi connectivity index (χ2v) is 11.1. The summed E-state index contributed by atoms with van der Waals surface area (Å²) in [6.07, 6.45) is 1.38. The van der Waals surface area contributed by atoms with Crippen LogP contribution in [0.5, 0.6) is 0 Å². The molecule has 0 aliphatic heterocycles. The maximum atomic E-state index is 11.1. The van der Waals surface area contributed by atoms with E-state index in [4.69, 9.17) is 14.3 Å². The monoisotopic (exact) mass is 302 g/mol. The van der Waals surface area contributed by atoms with Gasteiger partial charge in [0.2, 0.25) is 0 Å². The molecule has 20 heavy (non-hydrogen) atoms. The molecule has 0 aromatic rings. The minimum atomic E-state index is -2.09. The smallest absolute Gasteiger partial charge is 0.328 e. The highest BCUT2D eigenvalue weighted by Gasteiger charge is 2.40. The Kier molecular flexibility index (Phi) is 6.63. The van der Waals surface area contributed by atoms with E-state index in [0.717, 1.165) is 6.08 Å². The van der Waals surface area contributed by atoms with Gasteiger partial charge in [-0.2, -0.15) is 0 Å². The second kappa shape index (κ2) is 7.03. The van der Waals surface area contributed by atoms with Gasteiger partial charge in [0.05, 0.1) is 0 Å². The van der Waals surface area contributed by atoms with Gasteiger partial charge in [-0.1, -0.05) is 20.8 Å². The van der Waals surface area contributed by atoms with E-state index in [9.17, 15) is 9.59 Å². The van der Waals surface area contributed by atoms with Gasteiger partial charge in [0.1, 0.15) is 12.2 Å². The van der Waals surface area contributed by atoms with Crippen LogP contribution in [0.15, 0.2) is 12.2 Å². The summed E-state index contributed by atoms with van der Waals surface area (Å²) in [6.45, 7) is 13.4. The van der Waals surface area contributed by atoms with Crippen LogP contribution in [0.1, 0.15) is 34.6 Å². The normalized spacial score (nSPS) is 15.9. The number of hydrogen-bond acceptors (Lipinski definition) is 4. The number of ether oxygens (including phenoxy) is 1. The van der Waals surface area contributed by atoms with Crippen molar-refractivity contribution in [2.75, 3.05) is 0 Å². The summed E-state index contributed by atoms with van der Waals surface area (Å²) in [4.78, 5) is 21.7. The summed E-state index contributed by atoms with van der Waals surface area (Å²) in [5, 5.41) is 8.73. The van der Waals surface area contributed by atoms with Crippen molar-refractivity contribution in [1.82, 2.24) is 0 Å². The van der Waals surface area contributed by atoms with Crippen LogP contribution in [0.3, 0.4) is 0 Å². The fourth-order valence-corrected chi connectivity index (χ4v) is 2.62. The summed E-state index contributed by atoms with van der Waals surface area (Å²) in [5.41, 5.74) is 0. The van der Waals surface area contributed by atoms with Crippen LogP contribution in [0.4, 0.5) is 0 Å². The minimum absolute atomic E-state index is 0.0156. The molecule has 0 amide bonds. The van der Waals surface area contributed by atoms with Gasteiger partial charge in [-0.05, 0) is 31.1 Å². The minimum Gasteiger partial charge on any atom is -0.478 e. The third kappa shape index (κ3) is 6.34. The Morgan fingerprint density at radius 2 is 1.75 bits per heavy atom. The van der Waals surface area contributed by atoms with Gasteiger partial charge in [0.15, 0.2) is 8.32 Å². The number of carboxylic acid groups (broad SMARTS) is 1. The van der Waals surface area contributed by atoms with Gasteiger partial charge in [0, 0.05) is 13.0 Å². The Balaban J connectivity index is 5.13. The third-order valence-electron chi connectivity index (χ3n) is 3.48. The average Bonchev–Trinajstić information content (AvgIpc) is 2.20. The molecule has 0 saturated carbocycles. The molecule has 0 radical (unpaired) electrons. The highest BCUT2D eigenvalue weighted by Crippen LogP contribution is 2.37. The number of esters is 1. The lowest BCUT2D eigenvalue weighted by Gasteiger charge is -2.39. The lowest BCUT2D eigenvalue weighted by Crippen LogP contribution is -2.46. The van der Waals surface area contributed by atoms with Crippen molar-refractivity contribution in [1.29, 1.82) is 0 Å². The van der Waals surface area contributed by atoms with E-state index in [1.54, 1.807) is 6.92 Å². The fraction of sp³-hybridized carbons (Fsp3) is 0.714. The quantitative estimate of drug-likeness (QED) is 0.464. The van der Waals surface area contributed by atoms with E-state index in [1.165, 1.54) is 13.0 Å². The van der Waals surface area contributed by atoms with Crippen molar-refractivity contribution in [3.8, 4) is 0 Å². The van der Waals surface area contributed by atoms with Crippen LogP contribution in [0.2, 0.25) is 18.1 Å². The topological polar surface area (TPSA) is 72.8 Å². The first kappa shape index (κ1) is 18.9. The molecule has 0 aromatic heterocycles. The molecule has 116 valence electrons. The van der Waals surface area contributed by atoms with Crippen LogP contribution in [0, 0.1) is 0 Å². The first-order chi connectivity index (χ1) is 8.86. The molecular formula is C14H26O5Si. The summed E-state index contributed by atoms with van der Waals surface area (Å²) in [6, 6.07) is 0. The molecule has 1 N–H and O–H groups in total. The van der Waals surface area contributed by atoms with Crippen molar-refractivity contribution in [2.24, 2.45) is 0 Å². The summed E-state index contributed by atoms with van der Waals surface area (Å²) < 4.78 is 11.2. The fourth-order valence-electron chi connectivity index (χ4n) is 1.31. The van der Waals surface area contributed by atoms with Crippen molar-refractivity contribution < 1.29 is 23.9 Å². The molecule has 0 rings (SSSR count). The standard InChI is InChI=1S/C14H26O5Si/c1-10(18-11(2)15)12(8-9-13(16)17)19-20(6,7)14(3,4)5/h8-10,12H,1-7H3,(H,16,17)/b9-8+/t10-,12+/m0/s1. The van der Waals surface area contributed by atoms with Crippen LogP contribution < -0.4 is 0 Å². The number of carbonyl (C=O) groups is 2. The van der Waals surface area contributed by atoms with Crippen LogP contribution in [-0.4, -0.2) is 37.6 Å². The number of hydrogen-bond donors (Lipinski definition) is 1. The highest BCUT2D eigenvalue weighted by molar-refractivity contribution is 6.74. The molecule has 0 aromatic carbocycles. The lowest BCUT2D eigenvalue weighted by molar-refractivity contribution is -0.148. The third-order valence-corrected chi connectivity index (χ3v) is 7.95. The number of carboxylic acids is 1. The molecule has 0 fully saturated rings. The van der Waals surface area contributed by atoms with Crippen molar-refractivity contribution in [3.05, 3.63) is 12.2 Å². The maximum Gasteiger partial charge on any atom is 0.328 e. The molecule has 0 unspecified atom stereocenters. The molecule has 2 atom stereocenters. The Hall–Kier alpha value is -1.14. The Morgan fingerprint density at radius 3 is 2.10 bits per heavy atom. The van der Waals surface area contributed by atoms with Gasteiger partial charge >= 0.3 is 11.9 Å². The van der Waals surface area contributed by atoms with E-state index in [0.29, 0.717) is 0 Å². The first-order valence-corrected chi connectivity index (χ1v) is 9.54. The zero-order valence-electron chi connectivity index (χ0n) is 13.4. The van der Waals surface area contributed by atoms with Gasteiger partial charge in [-0.3, -0.25) is 4.79 Å². The van der Waals surface area contributed by atoms with Crippen molar-refractivity contribution in [2.45, 2.75) is 65.0 Å². The summed E-state index contributed by atoms with van der Waals surface area (Å²) in [5.74, 6) is -1.46. The highest BCUT2D eigenvalue weighted by atomic mass is 28.4. The van der Waals surface area contributed by atoms with Gasteiger partial charge in [-0.25, -0.2) is 4.79 Å². The Bertz CT molecular complexity index is 382. The number of rotatable bonds is 6. The molecule has 0 heterocycles. The largest absolute Gasteiger partial charge is 0.478 e. The predicted octanol–water partition coefficient (Wildman–Crippen LogP) is 2.97. The Morgan fingerprint density at radius 1 is 1.25 bits per heavy atom. The number of carbonyl (C=O) groups excluding carboxylic acids is 1. The van der Waals surface area contributed by atoms with E-state index in [2.05, 4.69) is 33.9 Å². The summed E-state index contributed by atoms with van der Waals surface area (Å²) >= 11 is 0. The molecule has 0 spiro atoms. The van der Waals surface area contributed by atoms with Crippen molar-refractivity contribution >= 4 is 20.3 Å². The van der Waals surface area contributed by atoms with Gasteiger partial charge in [-0.15, -0.1) is 0 Å². The molecule has 5 nitrogen and oxygen atoms in total. The summed E-state index contributed by atoms with van der Waals surface area (Å²) in [7, 11) is -2.09. The maximum absolute atomic E-state index is 11.1. The first-order valence-electron chi connectivity index (χ1n) is 6.63. The van der Waals surface area contributed by atoms with E-state index in [-0.39, 0.29) is 5.04 Å². The van der Waals surface area contributed by atoms with E-state index < -0.39 is 32.5 Å². The second-order valence-electron chi connectivity index (χ2n) is 6.35. The van der Waals surface area contributed by atoms with Crippen LogP contribution >= 0.6 is 0 Å². The van der Waals surface area contributed by atoms with Gasteiger partial charge < -0.3 is 14.3 Å². The van der Waals surface area contributed by atoms with Crippen molar-refractivity contribution in [3.63, 3.8) is 0 Å². The van der Waals surface area contributed by atoms with E-state index in [1.807, 2.05) is 0 Å². The number of aliphatic carboxylic acids is 1. The zero-order valence-corrected chi connectivity index (χ0v) is 14.4. The Labute approximate surface area is 122 Å². The van der Waals surface area contributed by atoms with Crippen LogP contribution in [-0.2, 0) is 18.8 Å². The molecule has 6 heteroatoms. The lowest BCUT2D eigenvalue weighted by atomic mass is 10.2. The molecule has 0 aliphatic rings. The van der Waals surface area contributed by atoms with E-state index >= 15 is 0 Å². The average molecular weight is 302 g/mol.